The highest BCUT2D eigenvalue weighted by Gasteiger charge is 2.28. The third-order valence-electron chi connectivity index (χ3n) is 1.87. The average molecular weight is 200 g/mol. The fraction of sp³-hybridized carbons (Fsp3) is 0.818. The van der Waals surface area contributed by atoms with E-state index in [9.17, 15) is 9.59 Å². The van der Waals surface area contributed by atoms with Crippen LogP contribution in [0, 0.1) is 11.3 Å². The highest BCUT2D eigenvalue weighted by molar-refractivity contribution is 5.87. The molecule has 0 aromatic rings. The molecule has 0 saturated heterocycles. The monoisotopic (exact) mass is 200 g/mol. The zero-order valence-electron chi connectivity index (χ0n) is 9.88. The number of carbonyl (C=O) groups is 2. The molecule has 0 aliphatic carbocycles. The van der Waals surface area contributed by atoms with Gasteiger partial charge in [0.1, 0.15) is 0 Å². The molecule has 1 unspecified atom stereocenters. The number of hydrogen-bond acceptors (Lipinski definition) is 3. The molecule has 0 spiro atoms. The molecule has 82 valence electrons. The summed E-state index contributed by atoms with van der Waals surface area (Å²) in [7, 11) is 0. The molecule has 0 amide bonds. The second-order valence-electron chi connectivity index (χ2n) is 4.85. The Bertz CT molecular complexity index is 223. The van der Waals surface area contributed by atoms with Gasteiger partial charge in [-0.3, -0.25) is 9.59 Å². The van der Waals surface area contributed by atoms with Crippen molar-refractivity contribution in [1.29, 1.82) is 0 Å². The third kappa shape index (κ3) is 3.90. The lowest BCUT2D eigenvalue weighted by Gasteiger charge is -2.21. The van der Waals surface area contributed by atoms with E-state index in [-0.39, 0.29) is 17.7 Å². The van der Waals surface area contributed by atoms with E-state index < -0.39 is 11.5 Å². The van der Waals surface area contributed by atoms with Crippen LogP contribution in [0.3, 0.4) is 0 Å². The Labute approximate surface area is 85.8 Å². The van der Waals surface area contributed by atoms with Gasteiger partial charge in [-0.1, -0.05) is 13.8 Å². The van der Waals surface area contributed by atoms with Crippen LogP contribution in [0.5, 0.6) is 0 Å². The standard InChI is InChI=1S/C11H20O3/c1-7(2)9(12)8(3)14-10(13)11(4,5)6/h7-8H,1-6H3. The first-order valence-corrected chi connectivity index (χ1v) is 4.91. The minimum atomic E-state index is -0.637. The molecule has 0 N–H and O–H groups in total. The van der Waals surface area contributed by atoms with Gasteiger partial charge in [-0.25, -0.2) is 0 Å². The third-order valence-corrected chi connectivity index (χ3v) is 1.87. The van der Waals surface area contributed by atoms with Crippen LogP contribution in [0.4, 0.5) is 0 Å². The van der Waals surface area contributed by atoms with Gasteiger partial charge >= 0.3 is 5.97 Å². The topological polar surface area (TPSA) is 43.4 Å². The lowest BCUT2D eigenvalue weighted by atomic mass is 9.97. The van der Waals surface area contributed by atoms with E-state index in [1.807, 2.05) is 0 Å². The van der Waals surface area contributed by atoms with Crippen molar-refractivity contribution in [2.24, 2.45) is 11.3 Å². The summed E-state index contributed by atoms with van der Waals surface area (Å²) in [4.78, 5) is 22.9. The predicted octanol–water partition coefficient (Wildman–Crippen LogP) is 2.19. The Hall–Kier alpha value is -0.860. The Balaban J connectivity index is 4.27. The largest absolute Gasteiger partial charge is 0.454 e. The molecule has 0 bridgehead atoms. The van der Waals surface area contributed by atoms with Gasteiger partial charge in [0.05, 0.1) is 5.41 Å². The molecule has 0 heterocycles. The smallest absolute Gasteiger partial charge is 0.311 e. The first kappa shape index (κ1) is 13.1. The van der Waals surface area contributed by atoms with Gasteiger partial charge < -0.3 is 4.74 Å². The maximum atomic E-state index is 11.4. The van der Waals surface area contributed by atoms with Gasteiger partial charge in [-0.15, -0.1) is 0 Å². The Kier molecular flexibility index (Phi) is 4.30. The van der Waals surface area contributed by atoms with Crippen molar-refractivity contribution in [3.05, 3.63) is 0 Å². The Morgan fingerprint density at radius 1 is 1.07 bits per heavy atom. The van der Waals surface area contributed by atoms with Gasteiger partial charge in [0.25, 0.3) is 0 Å². The second-order valence-corrected chi connectivity index (χ2v) is 4.85. The molecular weight excluding hydrogens is 180 g/mol. The van der Waals surface area contributed by atoms with Gasteiger partial charge in [-0.2, -0.15) is 0 Å². The van der Waals surface area contributed by atoms with E-state index in [2.05, 4.69) is 0 Å². The van der Waals surface area contributed by atoms with Crippen molar-refractivity contribution < 1.29 is 14.3 Å². The van der Waals surface area contributed by atoms with Crippen LogP contribution in [0.1, 0.15) is 41.5 Å². The van der Waals surface area contributed by atoms with Crippen molar-refractivity contribution in [2.45, 2.75) is 47.6 Å². The zero-order valence-corrected chi connectivity index (χ0v) is 9.88. The fourth-order valence-corrected chi connectivity index (χ4v) is 0.865. The molecule has 0 radical (unpaired) electrons. The number of esters is 1. The van der Waals surface area contributed by atoms with Crippen LogP contribution in [-0.4, -0.2) is 17.9 Å². The average Bonchev–Trinajstić information content (AvgIpc) is 2.00. The second kappa shape index (κ2) is 4.58. The fourth-order valence-electron chi connectivity index (χ4n) is 0.865. The highest BCUT2D eigenvalue weighted by atomic mass is 16.5. The SMILES string of the molecule is CC(C)C(=O)C(C)OC(=O)C(C)(C)C. The van der Waals surface area contributed by atoms with Crippen molar-refractivity contribution in [2.75, 3.05) is 0 Å². The lowest BCUT2D eigenvalue weighted by molar-refractivity contribution is -0.162. The number of rotatable bonds is 3. The van der Waals surface area contributed by atoms with E-state index in [0.717, 1.165) is 0 Å². The molecule has 3 heteroatoms. The summed E-state index contributed by atoms with van der Waals surface area (Å²) in [6.45, 7) is 10.5. The van der Waals surface area contributed by atoms with E-state index >= 15 is 0 Å². The van der Waals surface area contributed by atoms with Crippen molar-refractivity contribution in [1.82, 2.24) is 0 Å². The minimum absolute atomic E-state index is 0.0393. The molecule has 0 aliphatic rings. The first-order valence-electron chi connectivity index (χ1n) is 4.91. The normalized spacial score (nSPS) is 13.9. The van der Waals surface area contributed by atoms with E-state index in [4.69, 9.17) is 4.74 Å². The summed E-state index contributed by atoms with van der Waals surface area (Å²) < 4.78 is 5.05. The maximum absolute atomic E-state index is 11.4. The maximum Gasteiger partial charge on any atom is 0.311 e. The van der Waals surface area contributed by atoms with Gasteiger partial charge in [0, 0.05) is 5.92 Å². The summed E-state index contributed by atoms with van der Waals surface area (Å²) >= 11 is 0. The Morgan fingerprint density at radius 2 is 1.50 bits per heavy atom. The summed E-state index contributed by atoms with van der Waals surface area (Å²) in [6.07, 6.45) is -0.637. The Morgan fingerprint density at radius 3 is 1.79 bits per heavy atom. The zero-order chi connectivity index (χ0) is 11.5. The van der Waals surface area contributed by atoms with Crippen LogP contribution in [0.2, 0.25) is 0 Å². The molecule has 0 fully saturated rings. The van der Waals surface area contributed by atoms with Crippen LogP contribution < -0.4 is 0 Å². The van der Waals surface area contributed by atoms with Gasteiger partial charge in [0.2, 0.25) is 0 Å². The number of hydrogen-bond donors (Lipinski definition) is 0. The molecular formula is C11H20O3. The number of Topliss-reactive ketones (excluding diaryl/α,β-unsaturated/α-hetero) is 1. The lowest BCUT2D eigenvalue weighted by Crippen LogP contribution is -2.33. The van der Waals surface area contributed by atoms with Crippen molar-refractivity contribution >= 4 is 11.8 Å². The molecule has 0 saturated carbocycles. The molecule has 0 aromatic heterocycles. The van der Waals surface area contributed by atoms with E-state index in [1.54, 1.807) is 41.5 Å². The molecule has 3 nitrogen and oxygen atoms in total. The number of ketones is 1. The van der Waals surface area contributed by atoms with Crippen molar-refractivity contribution in [3.8, 4) is 0 Å². The van der Waals surface area contributed by atoms with Gasteiger partial charge in [-0.05, 0) is 27.7 Å². The summed E-state index contributed by atoms with van der Waals surface area (Å²) in [5, 5.41) is 0. The molecule has 1 atom stereocenters. The minimum Gasteiger partial charge on any atom is -0.454 e. The first-order chi connectivity index (χ1) is 6.16. The summed E-state index contributed by atoms with van der Waals surface area (Å²) in [5.74, 6) is -0.473. The van der Waals surface area contributed by atoms with Crippen LogP contribution in [0.15, 0.2) is 0 Å². The summed E-state index contributed by atoms with van der Waals surface area (Å²) in [5.41, 5.74) is -0.550. The quantitative estimate of drug-likeness (QED) is 0.656. The number of ether oxygens (including phenoxy) is 1. The molecule has 14 heavy (non-hydrogen) atoms. The highest BCUT2D eigenvalue weighted by Crippen LogP contribution is 2.17. The van der Waals surface area contributed by atoms with Crippen LogP contribution in [0.25, 0.3) is 0 Å². The van der Waals surface area contributed by atoms with Crippen molar-refractivity contribution in [3.63, 3.8) is 0 Å². The molecule has 0 aliphatic heterocycles. The number of carbonyl (C=O) groups excluding carboxylic acids is 2. The molecule has 0 aromatic carbocycles. The van der Waals surface area contributed by atoms with Crippen LogP contribution in [-0.2, 0) is 14.3 Å². The van der Waals surface area contributed by atoms with Crippen LogP contribution >= 0.6 is 0 Å². The molecule has 0 rings (SSSR count). The summed E-state index contributed by atoms with van der Waals surface area (Å²) in [6, 6.07) is 0. The van der Waals surface area contributed by atoms with Gasteiger partial charge in [0.15, 0.2) is 11.9 Å². The van der Waals surface area contributed by atoms with E-state index in [0.29, 0.717) is 0 Å². The predicted molar refractivity (Wildman–Crippen MR) is 54.9 cm³/mol. The van der Waals surface area contributed by atoms with E-state index in [1.165, 1.54) is 0 Å².